The first-order chi connectivity index (χ1) is 11.0. The molecule has 0 amide bonds. The summed E-state index contributed by atoms with van der Waals surface area (Å²) >= 11 is 0. The van der Waals surface area contributed by atoms with E-state index in [9.17, 15) is 13.6 Å². The fourth-order valence-corrected chi connectivity index (χ4v) is 2.74. The third-order valence-corrected chi connectivity index (χ3v) is 3.79. The van der Waals surface area contributed by atoms with E-state index >= 15 is 0 Å². The van der Waals surface area contributed by atoms with Crippen LogP contribution >= 0.6 is 0 Å². The molecule has 0 spiro atoms. The van der Waals surface area contributed by atoms with Gasteiger partial charge in [-0.1, -0.05) is 24.6 Å². The Bertz CT molecular complexity index is 757. The van der Waals surface area contributed by atoms with Crippen LogP contribution in [-0.2, 0) is 4.79 Å². The second kappa shape index (κ2) is 7.06. The molecular formula is C19H17F2NO. The second-order valence-corrected chi connectivity index (χ2v) is 5.37. The quantitative estimate of drug-likeness (QED) is 0.512. The van der Waals surface area contributed by atoms with E-state index in [1.807, 2.05) is 32.0 Å². The highest BCUT2D eigenvalue weighted by atomic mass is 19.2. The maximum absolute atomic E-state index is 14.2. The minimum Gasteiger partial charge on any atom is -0.338 e. The molecule has 118 valence electrons. The molecule has 0 radical (unpaired) electrons. The first kappa shape index (κ1) is 16.7. The molecule has 0 saturated carbocycles. The van der Waals surface area contributed by atoms with Crippen LogP contribution in [0.3, 0.4) is 0 Å². The Labute approximate surface area is 134 Å². The topological polar surface area (TPSA) is 29.1 Å². The van der Waals surface area contributed by atoms with Crippen LogP contribution in [0.1, 0.15) is 29.2 Å². The van der Waals surface area contributed by atoms with Crippen molar-refractivity contribution >= 4 is 6.29 Å². The molecule has 1 unspecified atom stereocenters. The zero-order valence-electron chi connectivity index (χ0n) is 13.0. The van der Waals surface area contributed by atoms with E-state index in [0.29, 0.717) is 11.8 Å². The number of terminal acetylenes is 1. The lowest BCUT2D eigenvalue weighted by Crippen LogP contribution is -2.18. The molecule has 2 nitrogen and oxygen atoms in total. The van der Waals surface area contributed by atoms with Gasteiger partial charge in [-0.05, 0) is 48.2 Å². The van der Waals surface area contributed by atoms with Gasteiger partial charge in [-0.2, -0.15) is 0 Å². The smallest absolute Gasteiger partial charge is 0.164 e. The van der Waals surface area contributed by atoms with E-state index < -0.39 is 17.7 Å². The number of aldehydes is 1. The zero-order valence-corrected chi connectivity index (χ0v) is 13.0. The summed E-state index contributed by atoms with van der Waals surface area (Å²) < 4.78 is 28.3. The van der Waals surface area contributed by atoms with Crippen molar-refractivity contribution in [2.75, 3.05) is 0 Å². The number of rotatable bonds is 5. The van der Waals surface area contributed by atoms with E-state index in [1.54, 1.807) is 6.07 Å². The van der Waals surface area contributed by atoms with Crippen molar-refractivity contribution in [3.8, 4) is 23.6 Å². The molecule has 1 atom stereocenters. The van der Waals surface area contributed by atoms with Crippen LogP contribution in [0.25, 0.3) is 11.1 Å². The molecule has 0 aromatic heterocycles. The van der Waals surface area contributed by atoms with Crippen LogP contribution in [0.15, 0.2) is 30.3 Å². The predicted octanol–water partition coefficient (Wildman–Crippen LogP) is 4.06. The van der Waals surface area contributed by atoms with Gasteiger partial charge in [-0.25, -0.2) is 8.78 Å². The van der Waals surface area contributed by atoms with Crippen LogP contribution in [0, 0.1) is 37.9 Å². The van der Waals surface area contributed by atoms with Crippen molar-refractivity contribution in [2.45, 2.75) is 26.3 Å². The highest BCUT2D eigenvalue weighted by Gasteiger charge is 2.20. The van der Waals surface area contributed by atoms with Crippen molar-refractivity contribution in [3.05, 3.63) is 58.7 Å². The van der Waals surface area contributed by atoms with Crippen molar-refractivity contribution in [2.24, 2.45) is 0 Å². The second-order valence-electron chi connectivity index (χ2n) is 5.37. The summed E-state index contributed by atoms with van der Waals surface area (Å²) in [6.07, 6.45) is 5.77. The fraction of sp³-hybridized carbons (Fsp3) is 0.211. The minimum atomic E-state index is -0.991. The Morgan fingerprint density at radius 3 is 2.48 bits per heavy atom. The number of benzene rings is 2. The molecule has 0 fully saturated rings. The van der Waals surface area contributed by atoms with Crippen molar-refractivity contribution < 1.29 is 13.6 Å². The summed E-state index contributed by atoms with van der Waals surface area (Å²) in [6, 6.07) is 9.85. The predicted molar refractivity (Wildman–Crippen MR) is 86.7 cm³/mol. The lowest BCUT2D eigenvalue weighted by Gasteiger charge is -2.18. The van der Waals surface area contributed by atoms with Gasteiger partial charge in [-0.15, -0.1) is 0 Å². The van der Waals surface area contributed by atoms with E-state index in [4.69, 9.17) is 6.42 Å². The highest BCUT2D eigenvalue weighted by Crippen LogP contribution is 2.32. The standard InChI is InChI=1S/C19H17F2NO/c1-4-22-17(8-9-23)15-10-14(11-16(20)19(15)21)18-12(2)6-5-7-13(18)3/h1,5-7,9-11,17,22H,8H2,2-3H3. The maximum atomic E-state index is 14.2. The summed E-state index contributed by atoms with van der Waals surface area (Å²) in [5.41, 5.74) is 3.37. The summed E-state index contributed by atoms with van der Waals surface area (Å²) in [6.45, 7) is 3.82. The molecular weight excluding hydrogens is 296 g/mol. The number of hydrogen-bond donors (Lipinski definition) is 1. The average Bonchev–Trinajstić information content (AvgIpc) is 2.50. The fourth-order valence-electron chi connectivity index (χ4n) is 2.74. The Balaban J connectivity index is 2.65. The monoisotopic (exact) mass is 313 g/mol. The molecule has 2 aromatic rings. The van der Waals surface area contributed by atoms with Crippen LogP contribution in [-0.4, -0.2) is 6.29 Å². The van der Waals surface area contributed by atoms with E-state index in [1.165, 1.54) is 6.07 Å². The van der Waals surface area contributed by atoms with Gasteiger partial charge in [0, 0.05) is 18.0 Å². The third kappa shape index (κ3) is 3.40. The lowest BCUT2D eigenvalue weighted by molar-refractivity contribution is -0.108. The van der Waals surface area contributed by atoms with E-state index in [0.717, 1.165) is 16.7 Å². The van der Waals surface area contributed by atoms with Crippen molar-refractivity contribution in [3.63, 3.8) is 0 Å². The van der Waals surface area contributed by atoms with Crippen molar-refractivity contribution in [1.82, 2.24) is 5.32 Å². The summed E-state index contributed by atoms with van der Waals surface area (Å²) in [5, 5.41) is 2.57. The molecule has 0 aliphatic heterocycles. The number of halogens is 2. The molecule has 4 heteroatoms. The average molecular weight is 313 g/mol. The summed E-state index contributed by atoms with van der Waals surface area (Å²) in [5.74, 6) is -1.95. The molecule has 0 aliphatic carbocycles. The normalized spacial score (nSPS) is 11.6. The molecule has 23 heavy (non-hydrogen) atoms. The number of carbonyl (C=O) groups excluding carboxylic acids is 1. The van der Waals surface area contributed by atoms with Crippen LogP contribution in [0.5, 0.6) is 0 Å². The third-order valence-electron chi connectivity index (χ3n) is 3.79. The Hall–Kier alpha value is -2.67. The zero-order chi connectivity index (χ0) is 17.0. The number of hydrogen-bond acceptors (Lipinski definition) is 2. The van der Waals surface area contributed by atoms with Gasteiger partial charge in [0.15, 0.2) is 11.6 Å². The maximum Gasteiger partial charge on any atom is 0.164 e. The first-order valence-electron chi connectivity index (χ1n) is 7.19. The van der Waals surface area contributed by atoms with Crippen LogP contribution in [0.2, 0.25) is 0 Å². The molecule has 2 rings (SSSR count). The highest BCUT2D eigenvalue weighted by molar-refractivity contribution is 5.71. The van der Waals surface area contributed by atoms with Crippen LogP contribution in [0.4, 0.5) is 8.78 Å². The van der Waals surface area contributed by atoms with Gasteiger partial charge in [0.1, 0.15) is 6.29 Å². The van der Waals surface area contributed by atoms with Gasteiger partial charge >= 0.3 is 0 Å². The van der Waals surface area contributed by atoms with Gasteiger partial charge < -0.3 is 10.1 Å². The molecule has 0 bridgehead atoms. The molecule has 0 aliphatic rings. The minimum absolute atomic E-state index is 0.0449. The van der Waals surface area contributed by atoms with Gasteiger partial charge in [0.25, 0.3) is 0 Å². The Kier molecular flexibility index (Phi) is 5.13. The largest absolute Gasteiger partial charge is 0.338 e. The molecule has 2 aromatic carbocycles. The molecule has 0 heterocycles. The van der Waals surface area contributed by atoms with E-state index in [2.05, 4.69) is 11.4 Å². The van der Waals surface area contributed by atoms with Gasteiger partial charge in [0.05, 0.1) is 6.04 Å². The van der Waals surface area contributed by atoms with Gasteiger partial charge in [0.2, 0.25) is 0 Å². The van der Waals surface area contributed by atoms with Gasteiger partial charge in [-0.3, -0.25) is 0 Å². The molecule has 0 saturated heterocycles. The Morgan fingerprint density at radius 2 is 1.91 bits per heavy atom. The van der Waals surface area contributed by atoms with Crippen LogP contribution < -0.4 is 5.32 Å². The number of aryl methyl sites for hydroxylation is 2. The summed E-state index contributed by atoms with van der Waals surface area (Å²) in [7, 11) is 0. The number of carbonyl (C=O) groups is 1. The SMILES string of the molecule is C#CNC(CC=O)c1cc(-c2c(C)cccc2C)cc(F)c1F. The molecule has 1 N–H and O–H groups in total. The first-order valence-corrected chi connectivity index (χ1v) is 7.19. The van der Waals surface area contributed by atoms with Crippen molar-refractivity contribution in [1.29, 1.82) is 0 Å². The number of nitrogens with one attached hydrogen (secondary N) is 1. The summed E-state index contributed by atoms with van der Waals surface area (Å²) in [4.78, 5) is 10.8. The van der Waals surface area contributed by atoms with E-state index in [-0.39, 0.29) is 12.0 Å². The Morgan fingerprint density at radius 1 is 1.26 bits per heavy atom. The lowest BCUT2D eigenvalue weighted by atomic mass is 9.92.